The highest BCUT2D eigenvalue weighted by Gasteiger charge is 2.20. The Bertz CT molecular complexity index is 944. The third-order valence-electron chi connectivity index (χ3n) is 4.26. The molecule has 6 heteroatoms. The third-order valence-corrected chi connectivity index (χ3v) is 4.26. The smallest absolute Gasteiger partial charge is 0.261 e. The van der Waals surface area contributed by atoms with E-state index in [9.17, 15) is 9.59 Å². The van der Waals surface area contributed by atoms with Crippen LogP contribution < -0.4 is 5.56 Å². The van der Waals surface area contributed by atoms with Gasteiger partial charge in [0.15, 0.2) is 0 Å². The molecule has 0 saturated heterocycles. The molecule has 0 aliphatic carbocycles. The number of aromatic nitrogens is 3. The molecule has 3 aromatic rings. The van der Waals surface area contributed by atoms with Crippen molar-refractivity contribution in [1.29, 1.82) is 0 Å². The van der Waals surface area contributed by atoms with E-state index in [1.807, 2.05) is 55.1 Å². The second kappa shape index (κ2) is 7.82. The largest absolute Gasteiger partial charge is 0.337 e. The molecule has 1 aromatic carbocycles. The summed E-state index contributed by atoms with van der Waals surface area (Å²) in [5.74, 6) is 0.500. The Labute approximate surface area is 152 Å². The fourth-order valence-electron chi connectivity index (χ4n) is 2.84. The lowest BCUT2D eigenvalue weighted by atomic mass is 10.1. The lowest BCUT2D eigenvalue weighted by molar-refractivity contribution is 0.0736. The van der Waals surface area contributed by atoms with Gasteiger partial charge < -0.3 is 14.5 Å². The fourth-order valence-corrected chi connectivity index (χ4v) is 2.84. The molecule has 0 aliphatic rings. The highest BCUT2D eigenvalue weighted by molar-refractivity contribution is 5.94. The van der Waals surface area contributed by atoms with Gasteiger partial charge in [0, 0.05) is 31.7 Å². The lowest BCUT2D eigenvalue weighted by Crippen LogP contribution is -2.35. The summed E-state index contributed by atoms with van der Waals surface area (Å²) >= 11 is 0. The molecule has 134 valence electrons. The van der Waals surface area contributed by atoms with Crippen LogP contribution in [0.1, 0.15) is 29.5 Å². The van der Waals surface area contributed by atoms with Crippen LogP contribution in [-0.2, 0) is 13.6 Å². The molecule has 6 nitrogen and oxygen atoms in total. The number of carbonyl (C=O) groups excluding carboxylic acids is 1. The quantitative estimate of drug-likeness (QED) is 0.743. The molecule has 0 fully saturated rings. The molecule has 0 radical (unpaired) electrons. The van der Waals surface area contributed by atoms with Gasteiger partial charge in [0.2, 0.25) is 0 Å². The van der Waals surface area contributed by atoms with Gasteiger partial charge in [-0.1, -0.05) is 37.3 Å². The number of H-pyrrole nitrogens is 1. The number of rotatable bonds is 6. The van der Waals surface area contributed by atoms with Crippen LogP contribution >= 0.6 is 0 Å². The number of aromatic amines is 1. The van der Waals surface area contributed by atoms with Gasteiger partial charge in [0.25, 0.3) is 11.5 Å². The van der Waals surface area contributed by atoms with Crippen molar-refractivity contribution in [3.05, 3.63) is 76.6 Å². The van der Waals surface area contributed by atoms with Crippen LogP contribution in [0, 0.1) is 0 Å². The van der Waals surface area contributed by atoms with E-state index in [1.54, 1.807) is 23.2 Å². The van der Waals surface area contributed by atoms with Gasteiger partial charge in [-0.2, -0.15) is 0 Å². The minimum absolute atomic E-state index is 0.146. The van der Waals surface area contributed by atoms with Gasteiger partial charge in [-0.3, -0.25) is 9.59 Å². The maximum atomic E-state index is 12.9. The van der Waals surface area contributed by atoms with Crippen molar-refractivity contribution in [1.82, 2.24) is 19.4 Å². The van der Waals surface area contributed by atoms with Crippen molar-refractivity contribution in [3.63, 3.8) is 0 Å². The first-order chi connectivity index (χ1) is 12.6. The van der Waals surface area contributed by atoms with Gasteiger partial charge in [0.1, 0.15) is 11.4 Å². The Balaban J connectivity index is 1.87. The number of benzene rings is 1. The Morgan fingerprint density at radius 3 is 2.58 bits per heavy atom. The van der Waals surface area contributed by atoms with E-state index in [2.05, 4.69) is 9.97 Å². The Morgan fingerprint density at radius 1 is 1.19 bits per heavy atom. The molecule has 0 saturated carbocycles. The Kier molecular flexibility index (Phi) is 5.31. The highest BCUT2D eigenvalue weighted by atomic mass is 16.2. The van der Waals surface area contributed by atoms with Crippen LogP contribution in [0.15, 0.2) is 59.7 Å². The first-order valence-electron chi connectivity index (χ1n) is 8.64. The van der Waals surface area contributed by atoms with Crippen molar-refractivity contribution >= 4 is 5.91 Å². The first kappa shape index (κ1) is 17.7. The van der Waals surface area contributed by atoms with Gasteiger partial charge in [-0.15, -0.1) is 0 Å². The van der Waals surface area contributed by atoms with Crippen molar-refractivity contribution in [2.45, 2.75) is 19.9 Å². The molecule has 0 spiro atoms. The summed E-state index contributed by atoms with van der Waals surface area (Å²) in [7, 11) is 1.89. The molecular formula is C20H22N4O2. The zero-order valence-electron chi connectivity index (χ0n) is 15.0. The number of nitrogens with one attached hydrogen (secondary N) is 1. The zero-order valence-corrected chi connectivity index (χ0v) is 15.0. The van der Waals surface area contributed by atoms with E-state index in [0.29, 0.717) is 18.8 Å². The van der Waals surface area contributed by atoms with Gasteiger partial charge in [-0.25, -0.2) is 4.98 Å². The summed E-state index contributed by atoms with van der Waals surface area (Å²) in [6, 6.07) is 12.9. The number of hydrogen-bond acceptors (Lipinski definition) is 3. The second-order valence-electron chi connectivity index (χ2n) is 6.16. The Morgan fingerprint density at radius 2 is 1.96 bits per heavy atom. The first-order valence-corrected chi connectivity index (χ1v) is 8.64. The molecular weight excluding hydrogens is 328 g/mol. The predicted molar refractivity (Wildman–Crippen MR) is 101 cm³/mol. The number of nitrogens with zero attached hydrogens (tertiary/aromatic N) is 3. The van der Waals surface area contributed by atoms with E-state index >= 15 is 0 Å². The molecule has 2 aromatic heterocycles. The maximum absolute atomic E-state index is 12.9. The van der Waals surface area contributed by atoms with Crippen LogP contribution in [0.25, 0.3) is 11.3 Å². The molecule has 0 atom stereocenters. The van der Waals surface area contributed by atoms with E-state index < -0.39 is 0 Å². The third kappa shape index (κ3) is 3.74. The summed E-state index contributed by atoms with van der Waals surface area (Å²) in [6.07, 6.45) is 4.34. The van der Waals surface area contributed by atoms with Crippen LogP contribution in [-0.4, -0.2) is 31.9 Å². The zero-order chi connectivity index (χ0) is 18.5. The van der Waals surface area contributed by atoms with Crippen LogP contribution in [0.2, 0.25) is 0 Å². The predicted octanol–water partition coefficient (Wildman–Crippen LogP) is 2.83. The summed E-state index contributed by atoms with van der Waals surface area (Å²) in [5.41, 5.74) is 1.37. The lowest BCUT2D eigenvalue weighted by Gasteiger charge is -2.21. The standard InChI is InChI=1S/C20H22N4O2/c1-3-12-24(14-18-21-11-13-23(18)2)20(26)16-9-10-17(22-19(16)25)15-7-5-4-6-8-15/h4-11,13H,3,12,14H2,1-2H3,(H,22,25). The van der Waals surface area contributed by atoms with Crippen LogP contribution in [0.5, 0.6) is 0 Å². The van der Waals surface area contributed by atoms with E-state index in [0.717, 1.165) is 17.8 Å². The van der Waals surface area contributed by atoms with Crippen molar-refractivity contribution < 1.29 is 4.79 Å². The molecule has 1 amide bonds. The Hall–Kier alpha value is -3.15. The fraction of sp³-hybridized carbons (Fsp3) is 0.250. The highest BCUT2D eigenvalue weighted by Crippen LogP contribution is 2.15. The summed E-state index contributed by atoms with van der Waals surface area (Å²) in [5, 5.41) is 0. The minimum Gasteiger partial charge on any atom is -0.337 e. The number of amides is 1. The van der Waals surface area contributed by atoms with Crippen molar-refractivity contribution in [3.8, 4) is 11.3 Å². The normalized spacial score (nSPS) is 10.7. The average Bonchev–Trinajstić information content (AvgIpc) is 3.06. The summed E-state index contributed by atoms with van der Waals surface area (Å²) < 4.78 is 1.87. The van der Waals surface area contributed by atoms with Crippen molar-refractivity contribution in [2.75, 3.05) is 6.54 Å². The van der Waals surface area contributed by atoms with Gasteiger partial charge in [0.05, 0.1) is 6.54 Å². The van der Waals surface area contributed by atoms with E-state index in [1.165, 1.54) is 0 Å². The number of carbonyl (C=O) groups is 1. The van der Waals surface area contributed by atoms with Crippen molar-refractivity contribution in [2.24, 2.45) is 7.05 Å². The molecule has 0 aliphatic heterocycles. The van der Waals surface area contributed by atoms with E-state index in [-0.39, 0.29) is 17.0 Å². The molecule has 0 unspecified atom stereocenters. The summed E-state index contributed by atoms with van der Waals surface area (Å²) in [6.45, 7) is 2.93. The maximum Gasteiger partial charge on any atom is 0.261 e. The molecule has 0 bridgehead atoms. The molecule has 2 heterocycles. The van der Waals surface area contributed by atoms with Gasteiger partial charge in [-0.05, 0) is 24.1 Å². The number of aryl methyl sites for hydroxylation is 1. The number of imidazole rings is 1. The van der Waals surface area contributed by atoms with Crippen LogP contribution in [0.3, 0.4) is 0 Å². The number of hydrogen-bond donors (Lipinski definition) is 1. The SMILES string of the molecule is CCCN(Cc1nccn1C)C(=O)c1ccc(-c2ccccc2)[nH]c1=O. The minimum atomic E-state index is -0.378. The average molecular weight is 350 g/mol. The molecule has 3 rings (SSSR count). The monoisotopic (exact) mass is 350 g/mol. The number of pyridine rings is 1. The molecule has 26 heavy (non-hydrogen) atoms. The van der Waals surface area contributed by atoms with E-state index in [4.69, 9.17) is 0 Å². The summed E-state index contributed by atoms with van der Waals surface area (Å²) in [4.78, 5) is 34.2. The topological polar surface area (TPSA) is 71.0 Å². The van der Waals surface area contributed by atoms with Crippen LogP contribution in [0.4, 0.5) is 0 Å². The van der Waals surface area contributed by atoms with Gasteiger partial charge >= 0.3 is 0 Å². The second-order valence-corrected chi connectivity index (χ2v) is 6.16. The molecule has 1 N–H and O–H groups in total.